The maximum Gasteiger partial charge on any atom is 0.222 e. The Bertz CT molecular complexity index is 263. The van der Waals surface area contributed by atoms with E-state index in [4.69, 9.17) is 11.6 Å². The molecular weight excluding hydrogens is 190 g/mol. The van der Waals surface area contributed by atoms with Gasteiger partial charge in [-0.05, 0) is 17.7 Å². The Kier molecular flexibility index (Phi) is 4.25. The molecule has 0 radical (unpaired) electrons. The minimum absolute atomic E-state index is 0.550. The lowest BCUT2D eigenvalue weighted by Crippen LogP contribution is -2.41. The first-order chi connectivity index (χ1) is 6.33. The van der Waals surface area contributed by atoms with Crippen LogP contribution < -0.4 is 16.4 Å². The van der Waals surface area contributed by atoms with E-state index in [0.29, 0.717) is 18.0 Å². The van der Waals surface area contributed by atoms with Gasteiger partial charge in [0, 0.05) is 11.6 Å². The van der Waals surface area contributed by atoms with Gasteiger partial charge in [-0.2, -0.15) is 5.53 Å². The van der Waals surface area contributed by atoms with Gasteiger partial charge >= 0.3 is 0 Å². The minimum Gasteiger partial charge on any atom is -0.281 e. The van der Waals surface area contributed by atoms with Crippen LogP contribution in [-0.2, 0) is 11.3 Å². The van der Waals surface area contributed by atoms with Crippen LogP contribution in [0.1, 0.15) is 5.56 Å². The molecule has 0 saturated carbocycles. The van der Waals surface area contributed by atoms with Crippen molar-refractivity contribution in [2.24, 2.45) is 0 Å². The van der Waals surface area contributed by atoms with Gasteiger partial charge in [0.15, 0.2) is 0 Å². The number of benzene rings is 1. The average Bonchev–Trinajstić information content (AvgIpc) is 2.15. The molecule has 13 heavy (non-hydrogen) atoms. The lowest BCUT2D eigenvalue weighted by atomic mass is 10.2. The Morgan fingerprint density at radius 2 is 2.00 bits per heavy atom. The minimum atomic E-state index is 0.550. The molecule has 4 nitrogen and oxygen atoms in total. The molecule has 1 aromatic rings. The van der Waals surface area contributed by atoms with Crippen molar-refractivity contribution in [1.82, 2.24) is 16.4 Å². The van der Waals surface area contributed by atoms with E-state index in [-0.39, 0.29) is 0 Å². The smallest absolute Gasteiger partial charge is 0.222 e. The predicted molar refractivity (Wildman–Crippen MR) is 50.6 cm³/mol. The summed E-state index contributed by atoms with van der Waals surface area (Å²) in [6.07, 6.45) is 0.550. The Morgan fingerprint density at radius 3 is 2.62 bits per heavy atom. The summed E-state index contributed by atoms with van der Waals surface area (Å²) in [4.78, 5) is 9.83. The highest BCUT2D eigenvalue weighted by Crippen LogP contribution is 2.08. The zero-order valence-corrected chi connectivity index (χ0v) is 7.64. The van der Waals surface area contributed by atoms with Crippen molar-refractivity contribution >= 4 is 18.0 Å². The van der Waals surface area contributed by atoms with Gasteiger partial charge in [-0.1, -0.05) is 23.7 Å². The van der Waals surface area contributed by atoms with E-state index in [1.54, 1.807) is 0 Å². The fourth-order valence-corrected chi connectivity index (χ4v) is 0.955. The van der Waals surface area contributed by atoms with E-state index in [9.17, 15) is 4.79 Å². The predicted octanol–water partition coefficient (Wildman–Crippen LogP) is 0.595. The van der Waals surface area contributed by atoms with E-state index in [2.05, 4.69) is 16.4 Å². The van der Waals surface area contributed by atoms with E-state index in [1.807, 2.05) is 24.3 Å². The van der Waals surface area contributed by atoms with Crippen molar-refractivity contribution in [2.75, 3.05) is 0 Å². The molecule has 5 heteroatoms. The highest BCUT2D eigenvalue weighted by atomic mass is 35.5. The molecule has 0 aliphatic carbocycles. The lowest BCUT2D eigenvalue weighted by molar-refractivity contribution is -0.110. The van der Waals surface area contributed by atoms with Crippen LogP contribution in [-0.4, -0.2) is 6.41 Å². The highest BCUT2D eigenvalue weighted by Gasteiger charge is 1.90. The fourth-order valence-electron chi connectivity index (χ4n) is 0.829. The molecule has 0 aliphatic heterocycles. The zero-order chi connectivity index (χ0) is 9.52. The Morgan fingerprint density at radius 1 is 1.31 bits per heavy atom. The fraction of sp³-hybridized carbons (Fsp3) is 0.125. The Hall–Kier alpha value is -1.10. The topological polar surface area (TPSA) is 53.2 Å². The van der Waals surface area contributed by atoms with Crippen LogP contribution >= 0.6 is 11.6 Å². The van der Waals surface area contributed by atoms with Crippen LogP contribution in [0.4, 0.5) is 0 Å². The Balaban J connectivity index is 2.28. The second kappa shape index (κ2) is 5.53. The number of carbonyl (C=O) groups is 1. The molecule has 0 bridgehead atoms. The molecule has 1 aromatic carbocycles. The van der Waals surface area contributed by atoms with Crippen LogP contribution in [0.2, 0.25) is 5.02 Å². The molecule has 70 valence electrons. The van der Waals surface area contributed by atoms with Crippen LogP contribution in [0.3, 0.4) is 0 Å². The van der Waals surface area contributed by atoms with Gasteiger partial charge in [-0.3, -0.25) is 10.2 Å². The van der Waals surface area contributed by atoms with Crippen LogP contribution in [0.25, 0.3) is 0 Å². The number of hydrazine groups is 2. The lowest BCUT2D eigenvalue weighted by Gasteiger charge is -2.04. The molecule has 1 rings (SSSR count). The zero-order valence-electron chi connectivity index (χ0n) is 6.88. The average molecular weight is 200 g/mol. The van der Waals surface area contributed by atoms with Crippen molar-refractivity contribution in [3.8, 4) is 0 Å². The molecule has 0 aromatic heterocycles. The number of halogens is 1. The summed E-state index contributed by atoms with van der Waals surface area (Å²) in [7, 11) is 0. The van der Waals surface area contributed by atoms with E-state index >= 15 is 0 Å². The SMILES string of the molecule is O=CNNNCc1ccc(Cl)cc1. The molecular formula is C8H10ClN3O. The number of nitrogens with one attached hydrogen (secondary N) is 3. The molecule has 0 unspecified atom stereocenters. The number of hydrogen-bond acceptors (Lipinski definition) is 3. The summed E-state index contributed by atoms with van der Waals surface area (Å²) >= 11 is 5.70. The van der Waals surface area contributed by atoms with Gasteiger partial charge in [-0.15, -0.1) is 0 Å². The number of hydrogen-bond donors (Lipinski definition) is 3. The molecule has 3 N–H and O–H groups in total. The number of amides is 1. The summed E-state index contributed by atoms with van der Waals surface area (Å²) in [6, 6.07) is 7.42. The summed E-state index contributed by atoms with van der Waals surface area (Å²) in [5.74, 6) is 0. The quantitative estimate of drug-likeness (QED) is 0.370. The third-order valence-corrected chi connectivity index (χ3v) is 1.68. The second-order valence-corrected chi connectivity index (χ2v) is 2.80. The monoisotopic (exact) mass is 199 g/mol. The maximum absolute atomic E-state index is 9.83. The van der Waals surface area contributed by atoms with E-state index in [1.165, 1.54) is 0 Å². The first-order valence-electron chi connectivity index (χ1n) is 3.74. The first-order valence-corrected chi connectivity index (χ1v) is 4.12. The highest BCUT2D eigenvalue weighted by molar-refractivity contribution is 6.30. The van der Waals surface area contributed by atoms with Crippen LogP contribution in [0.15, 0.2) is 24.3 Å². The van der Waals surface area contributed by atoms with Gasteiger partial charge < -0.3 is 0 Å². The normalized spacial score (nSPS) is 9.62. The van der Waals surface area contributed by atoms with Crippen LogP contribution in [0.5, 0.6) is 0 Å². The van der Waals surface area contributed by atoms with Crippen LogP contribution in [0, 0.1) is 0 Å². The molecule has 0 spiro atoms. The molecule has 0 atom stereocenters. The Labute approximate surface area is 81.2 Å². The summed E-state index contributed by atoms with van der Waals surface area (Å²) in [5.41, 5.74) is 8.62. The standard InChI is InChI=1S/C8H10ClN3O/c9-8-3-1-7(2-4-8)5-10-12-11-6-13/h1-4,6,10,12H,5H2,(H,11,13). The summed E-state index contributed by atoms with van der Waals surface area (Å²) < 4.78 is 0. The molecule has 0 aliphatic rings. The molecule has 1 amide bonds. The molecule has 0 heterocycles. The van der Waals surface area contributed by atoms with Gasteiger partial charge in [0.05, 0.1) is 0 Å². The largest absolute Gasteiger partial charge is 0.281 e. The van der Waals surface area contributed by atoms with Crippen molar-refractivity contribution in [1.29, 1.82) is 0 Å². The van der Waals surface area contributed by atoms with E-state index in [0.717, 1.165) is 5.56 Å². The van der Waals surface area contributed by atoms with Crippen molar-refractivity contribution in [3.63, 3.8) is 0 Å². The van der Waals surface area contributed by atoms with Crippen molar-refractivity contribution in [2.45, 2.75) is 6.54 Å². The van der Waals surface area contributed by atoms with Gasteiger partial charge in [0.25, 0.3) is 0 Å². The van der Waals surface area contributed by atoms with Crippen molar-refractivity contribution < 1.29 is 4.79 Å². The third kappa shape index (κ3) is 3.89. The van der Waals surface area contributed by atoms with Crippen molar-refractivity contribution in [3.05, 3.63) is 34.9 Å². The second-order valence-electron chi connectivity index (χ2n) is 2.37. The van der Waals surface area contributed by atoms with Gasteiger partial charge in [0.2, 0.25) is 6.41 Å². The number of rotatable bonds is 5. The third-order valence-electron chi connectivity index (χ3n) is 1.43. The van der Waals surface area contributed by atoms with E-state index < -0.39 is 0 Å². The van der Waals surface area contributed by atoms with Gasteiger partial charge in [0.1, 0.15) is 0 Å². The summed E-state index contributed by atoms with van der Waals surface area (Å²) in [6.45, 7) is 0.609. The summed E-state index contributed by atoms with van der Waals surface area (Å²) in [5, 5.41) is 0.711. The van der Waals surface area contributed by atoms with Gasteiger partial charge in [-0.25, -0.2) is 5.43 Å². The maximum atomic E-state index is 9.83. The number of carbonyl (C=O) groups excluding carboxylic acids is 1. The molecule has 0 saturated heterocycles. The molecule has 0 fully saturated rings. The first kappa shape index (κ1) is 9.98.